The molecule has 0 aromatic carbocycles. The van der Waals surface area contributed by atoms with E-state index in [1.807, 2.05) is 7.05 Å². The minimum Gasteiger partial charge on any atom is -0.344 e. The van der Waals surface area contributed by atoms with Crippen LogP contribution in [0.4, 0.5) is 0 Å². The fourth-order valence-corrected chi connectivity index (χ4v) is 2.07. The van der Waals surface area contributed by atoms with Crippen LogP contribution in [-0.4, -0.2) is 55.5 Å². The summed E-state index contributed by atoms with van der Waals surface area (Å²) in [5.41, 5.74) is 5.56. The highest BCUT2D eigenvalue weighted by Crippen LogP contribution is 2.16. The van der Waals surface area contributed by atoms with Crippen molar-refractivity contribution in [3.05, 3.63) is 0 Å². The van der Waals surface area contributed by atoms with Gasteiger partial charge in [-0.2, -0.15) is 0 Å². The molecule has 1 unspecified atom stereocenters. The van der Waals surface area contributed by atoms with Crippen LogP contribution >= 0.6 is 0 Å². The van der Waals surface area contributed by atoms with E-state index in [2.05, 4.69) is 11.9 Å². The highest BCUT2D eigenvalue weighted by Gasteiger charge is 2.21. The zero-order chi connectivity index (χ0) is 11.4. The summed E-state index contributed by atoms with van der Waals surface area (Å²) in [5.74, 6) is 0.697. The van der Waals surface area contributed by atoms with Crippen molar-refractivity contribution in [1.82, 2.24) is 9.80 Å². The molecule has 0 aliphatic carbocycles. The fraction of sp³-hybridized carbons (Fsp3) is 0.909. The molecule has 2 N–H and O–H groups in total. The van der Waals surface area contributed by atoms with Gasteiger partial charge in [-0.15, -0.1) is 0 Å². The average Bonchev–Trinajstić information content (AvgIpc) is 2.20. The van der Waals surface area contributed by atoms with Gasteiger partial charge in [0.2, 0.25) is 5.91 Å². The van der Waals surface area contributed by atoms with Gasteiger partial charge in [0, 0.05) is 13.6 Å². The number of carbonyl (C=O) groups excluding carboxylic acids is 1. The molecule has 1 saturated heterocycles. The van der Waals surface area contributed by atoms with Crippen LogP contribution < -0.4 is 5.73 Å². The summed E-state index contributed by atoms with van der Waals surface area (Å²) in [4.78, 5) is 15.7. The van der Waals surface area contributed by atoms with Crippen molar-refractivity contribution in [3.8, 4) is 0 Å². The van der Waals surface area contributed by atoms with E-state index in [0.29, 0.717) is 5.92 Å². The molecule has 0 radical (unpaired) electrons. The van der Waals surface area contributed by atoms with Crippen LogP contribution in [0.15, 0.2) is 0 Å². The Kier molecular flexibility index (Phi) is 4.54. The molecule has 1 aliphatic heterocycles. The van der Waals surface area contributed by atoms with Gasteiger partial charge >= 0.3 is 0 Å². The van der Waals surface area contributed by atoms with Gasteiger partial charge in [0.25, 0.3) is 0 Å². The molecule has 1 fully saturated rings. The largest absolute Gasteiger partial charge is 0.344 e. The van der Waals surface area contributed by atoms with E-state index in [9.17, 15) is 4.79 Å². The smallest absolute Gasteiger partial charge is 0.238 e. The third-order valence-electron chi connectivity index (χ3n) is 3.14. The second kappa shape index (κ2) is 5.47. The Labute approximate surface area is 92.4 Å². The first kappa shape index (κ1) is 12.5. The van der Waals surface area contributed by atoms with Crippen molar-refractivity contribution in [2.75, 3.05) is 33.7 Å². The van der Waals surface area contributed by atoms with E-state index in [4.69, 9.17) is 5.73 Å². The van der Waals surface area contributed by atoms with E-state index < -0.39 is 0 Å². The Morgan fingerprint density at radius 3 is 2.53 bits per heavy atom. The third kappa shape index (κ3) is 3.80. The first-order valence-electron chi connectivity index (χ1n) is 5.69. The summed E-state index contributed by atoms with van der Waals surface area (Å²) in [6.45, 7) is 4.89. The average molecular weight is 213 g/mol. The van der Waals surface area contributed by atoms with E-state index >= 15 is 0 Å². The number of likely N-dealkylation sites (tertiary alicyclic amines) is 1. The maximum Gasteiger partial charge on any atom is 0.238 e. The second-order valence-electron chi connectivity index (χ2n) is 4.75. The molecule has 0 bridgehead atoms. The number of nitrogens with zero attached hydrogens (tertiary/aromatic N) is 2. The maximum atomic E-state index is 11.6. The number of piperidine rings is 1. The lowest BCUT2D eigenvalue weighted by molar-refractivity contribution is -0.131. The summed E-state index contributed by atoms with van der Waals surface area (Å²) in [5, 5.41) is 0. The summed E-state index contributed by atoms with van der Waals surface area (Å²) in [6, 6.07) is -0.374. The van der Waals surface area contributed by atoms with Crippen molar-refractivity contribution >= 4 is 5.91 Å². The van der Waals surface area contributed by atoms with Gasteiger partial charge in [0.15, 0.2) is 0 Å². The number of hydrogen-bond acceptors (Lipinski definition) is 3. The number of amides is 1. The third-order valence-corrected chi connectivity index (χ3v) is 3.14. The van der Waals surface area contributed by atoms with Gasteiger partial charge in [-0.1, -0.05) is 0 Å². The van der Waals surface area contributed by atoms with Crippen LogP contribution in [-0.2, 0) is 4.79 Å². The molecule has 0 aromatic rings. The predicted octanol–water partition coefficient (Wildman–Crippen LogP) is 0.134. The molecule has 15 heavy (non-hydrogen) atoms. The first-order chi connectivity index (χ1) is 7.00. The topological polar surface area (TPSA) is 49.6 Å². The number of carbonyl (C=O) groups is 1. The quantitative estimate of drug-likeness (QED) is 0.725. The number of nitrogens with two attached hydrogens (primary N) is 1. The zero-order valence-electron chi connectivity index (χ0n) is 10.1. The predicted molar refractivity (Wildman–Crippen MR) is 61.5 cm³/mol. The molecular formula is C11H23N3O. The molecule has 0 aromatic heterocycles. The second-order valence-corrected chi connectivity index (χ2v) is 4.75. The number of likely N-dealkylation sites (N-methyl/N-ethyl adjacent to an activating group) is 1. The molecular weight excluding hydrogens is 190 g/mol. The van der Waals surface area contributed by atoms with Crippen LogP contribution in [0.5, 0.6) is 0 Å². The molecule has 4 nitrogen and oxygen atoms in total. The van der Waals surface area contributed by atoms with Gasteiger partial charge in [-0.05, 0) is 45.8 Å². The molecule has 88 valence electrons. The zero-order valence-corrected chi connectivity index (χ0v) is 10.1. The van der Waals surface area contributed by atoms with Crippen molar-refractivity contribution in [3.63, 3.8) is 0 Å². The Balaban J connectivity index is 2.32. The van der Waals surface area contributed by atoms with Crippen molar-refractivity contribution in [2.24, 2.45) is 11.7 Å². The maximum absolute atomic E-state index is 11.6. The van der Waals surface area contributed by atoms with Crippen molar-refractivity contribution < 1.29 is 4.79 Å². The van der Waals surface area contributed by atoms with Crippen LogP contribution in [0, 0.1) is 5.92 Å². The summed E-state index contributed by atoms with van der Waals surface area (Å²) < 4.78 is 0. The Hall–Kier alpha value is -0.610. The van der Waals surface area contributed by atoms with Crippen LogP contribution in [0.2, 0.25) is 0 Å². The molecule has 0 saturated carbocycles. The molecule has 0 spiro atoms. The minimum absolute atomic E-state index is 0.0499. The standard InChI is InChI=1S/C11H23N3O/c1-9(12)11(15)14(3)8-10-4-6-13(2)7-5-10/h9-10H,4-8,12H2,1-3H3. The normalized spacial score (nSPS) is 21.3. The van der Waals surface area contributed by atoms with Crippen molar-refractivity contribution in [1.29, 1.82) is 0 Å². The fourth-order valence-electron chi connectivity index (χ4n) is 2.07. The van der Waals surface area contributed by atoms with Crippen LogP contribution in [0.1, 0.15) is 19.8 Å². The van der Waals surface area contributed by atoms with E-state index in [1.54, 1.807) is 11.8 Å². The minimum atomic E-state index is -0.374. The molecule has 4 heteroatoms. The molecule has 1 atom stereocenters. The van der Waals surface area contributed by atoms with Gasteiger partial charge < -0.3 is 15.5 Å². The van der Waals surface area contributed by atoms with Gasteiger partial charge in [-0.3, -0.25) is 4.79 Å². The van der Waals surface area contributed by atoms with E-state index in [0.717, 1.165) is 19.6 Å². The highest BCUT2D eigenvalue weighted by atomic mass is 16.2. The summed E-state index contributed by atoms with van der Waals surface area (Å²) in [7, 11) is 4.00. The SMILES string of the molecule is CC(N)C(=O)N(C)CC1CCN(C)CC1. The lowest BCUT2D eigenvalue weighted by Gasteiger charge is -2.32. The first-order valence-corrected chi connectivity index (χ1v) is 5.69. The lowest BCUT2D eigenvalue weighted by Crippen LogP contribution is -2.43. The lowest BCUT2D eigenvalue weighted by atomic mass is 9.96. The van der Waals surface area contributed by atoms with E-state index in [-0.39, 0.29) is 11.9 Å². The number of hydrogen-bond donors (Lipinski definition) is 1. The van der Waals surface area contributed by atoms with Gasteiger partial charge in [0.1, 0.15) is 0 Å². The summed E-state index contributed by atoms with van der Waals surface area (Å²) >= 11 is 0. The Morgan fingerprint density at radius 1 is 1.53 bits per heavy atom. The van der Waals surface area contributed by atoms with E-state index in [1.165, 1.54) is 12.8 Å². The Morgan fingerprint density at radius 2 is 2.07 bits per heavy atom. The molecule has 1 heterocycles. The van der Waals surface area contributed by atoms with Gasteiger partial charge in [0.05, 0.1) is 6.04 Å². The summed E-state index contributed by atoms with van der Waals surface area (Å²) in [6.07, 6.45) is 2.38. The molecule has 1 rings (SSSR count). The molecule has 1 amide bonds. The number of rotatable bonds is 3. The van der Waals surface area contributed by atoms with Crippen LogP contribution in [0.3, 0.4) is 0 Å². The molecule has 1 aliphatic rings. The van der Waals surface area contributed by atoms with Gasteiger partial charge in [-0.25, -0.2) is 0 Å². The highest BCUT2D eigenvalue weighted by molar-refractivity contribution is 5.80. The monoisotopic (exact) mass is 213 g/mol. The van der Waals surface area contributed by atoms with Crippen molar-refractivity contribution in [2.45, 2.75) is 25.8 Å². The Bertz CT molecular complexity index is 210. The van der Waals surface area contributed by atoms with Crippen LogP contribution in [0.25, 0.3) is 0 Å².